The fourth-order valence-electron chi connectivity index (χ4n) is 2.42. The third-order valence-electron chi connectivity index (χ3n) is 3.60. The standard InChI is InChI=1S/C15H14Cl2N4O2/c1-23-15-13(18-2-3-19-15)20-21-14(22)12-7-11(12)8-4-9(16)6-10(17)5-8/h2-6,11-12H,7H2,1H3,(H,18,20)(H,21,22)/t11-,12-/m1/s1. The molecule has 120 valence electrons. The Labute approximate surface area is 143 Å². The van der Waals surface area contributed by atoms with Crippen LogP contribution in [0.2, 0.25) is 10.0 Å². The molecule has 1 heterocycles. The SMILES string of the molecule is COc1nccnc1NNC(=O)[C@@H]1C[C@@H]1c1cc(Cl)cc(Cl)c1. The number of hydrogen-bond donors (Lipinski definition) is 2. The predicted molar refractivity (Wildman–Crippen MR) is 87.7 cm³/mol. The Hall–Kier alpha value is -2.05. The Morgan fingerprint density at radius 1 is 1.22 bits per heavy atom. The molecular formula is C15H14Cl2N4O2. The van der Waals surface area contributed by atoms with E-state index in [1.807, 2.05) is 12.1 Å². The van der Waals surface area contributed by atoms with Gasteiger partial charge in [-0.05, 0) is 36.1 Å². The Kier molecular flexibility index (Phi) is 4.54. The summed E-state index contributed by atoms with van der Waals surface area (Å²) in [6.45, 7) is 0. The molecule has 0 aliphatic heterocycles. The lowest BCUT2D eigenvalue weighted by molar-refractivity contribution is -0.121. The van der Waals surface area contributed by atoms with Gasteiger partial charge in [0.2, 0.25) is 11.7 Å². The fourth-order valence-corrected chi connectivity index (χ4v) is 2.96. The molecule has 0 bridgehead atoms. The van der Waals surface area contributed by atoms with Crippen LogP contribution in [0.1, 0.15) is 17.9 Å². The second-order valence-corrected chi connectivity index (χ2v) is 6.05. The lowest BCUT2D eigenvalue weighted by Gasteiger charge is -2.10. The van der Waals surface area contributed by atoms with Crippen LogP contribution in [0, 0.1) is 5.92 Å². The van der Waals surface area contributed by atoms with Gasteiger partial charge in [0.05, 0.1) is 7.11 Å². The first-order valence-electron chi connectivity index (χ1n) is 6.95. The number of ether oxygens (including phenoxy) is 1. The number of halogens is 2. The van der Waals surface area contributed by atoms with E-state index in [1.165, 1.54) is 19.5 Å². The van der Waals surface area contributed by atoms with Crippen molar-refractivity contribution in [1.82, 2.24) is 15.4 Å². The van der Waals surface area contributed by atoms with Crippen molar-refractivity contribution in [2.45, 2.75) is 12.3 Å². The van der Waals surface area contributed by atoms with Crippen molar-refractivity contribution in [3.8, 4) is 5.88 Å². The minimum atomic E-state index is -0.126. The van der Waals surface area contributed by atoms with Crippen LogP contribution in [-0.2, 0) is 4.79 Å². The minimum Gasteiger partial charge on any atom is -0.478 e. The Morgan fingerprint density at radius 2 is 1.91 bits per heavy atom. The second-order valence-electron chi connectivity index (χ2n) is 5.18. The smallest absolute Gasteiger partial charge is 0.258 e. The normalized spacial score (nSPS) is 19.1. The minimum absolute atomic E-state index is 0.122. The Balaban J connectivity index is 1.60. The Morgan fingerprint density at radius 3 is 2.61 bits per heavy atom. The first kappa shape index (κ1) is 15.8. The molecule has 6 nitrogen and oxygen atoms in total. The molecule has 0 spiro atoms. The van der Waals surface area contributed by atoms with Crippen LogP contribution in [0.4, 0.5) is 5.82 Å². The van der Waals surface area contributed by atoms with Gasteiger partial charge in [-0.3, -0.25) is 15.6 Å². The number of carbonyl (C=O) groups excluding carboxylic acids is 1. The van der Waals surface area contributed by atoms with Gasteiger partial charge in [-0.1, -0.05) is 23.2 Å². The van der Waals surface area contributed by atoms with Crippen molar-refractivity contribution in [2.75, 3.05) is 12.5 Å². The summed E-state index contributed by atoms with van der Waals surface area (Å²) in [5.41, 5.74) is 6.33. The summed E-state index contributed by atoms with van der Waals surface area (Å²) < 4.78 is 5.05. The fraction of sp³-hybridized carbons (Fsp3) is 0.267. The van der Waals surface area contributed by atoms with Crippen LogP contribution >= 0.6 is 23.2 Å². The van der Waals surface area contributed by atoms with Crippen LogP contribution in [0.5, 0.6) is 5.88 Å². The first-order chi connectivity index (χ1) is 11.1. The summed E-state index contributed by atoms with van der Waals surface area (Å²) >= 11 is 12.0. The van der Waals surface area contributed by atoms with Crippen molar-refractivity contribution >= 4 is 34.9 Å². The third-order valence-corrected chi connectivity index (χ3v) is 4.04. The summed E-state index contributed by atoms with van der Waals surface area (Å²) in [6.07, 6.45) is 3.76. The van der Waals surface area contributed by atoms with E-state index in [1.54, 1.807) is 6.07 Å². The molecule has 1 aromatic heterocycles. The molecule has 1 aliphatic rings. The summed E-state index contributed by atoms with van der Waals surface area (Å²) in [5, 5.41) is 1.14. The number of methoxy groups -OCH3 is 1. The molecule has 1 aromatic carbocycles. The highest BCUT2D eigenvalue weighted by Crippen LogP contribution is 2.48. The molecule has 23 heavy (non-hydrogen) atoms. The predicted octanol–water partition coefficient (Wildman–Crippen LogP) is 3.04. The van der Waals surface area contributed by atoms with Crippen molar-refractivity contribution < 1.29 is 9.53 Å². The molecule has 1 fully saturated rings. The van der Waals surface area contributed by atoms with Crippen LogP contribution in [0.3, 0.4) is 0 Å². The van der Waals surface area contributed by atoms with Crippen LogP contribution < -0.4 is 15.6 Å². The molecule has 0 saturated heterocycles. The topological polar surface area (TPSA) is 76.1 Å². The zero-order valence-corrected chi connectivity index (χ0v) is 13.7. The van der Waals surface area contributed by atoms with Gasteiger partial charge < -0.3 is 4.74 Å². The van der Waals surface area contributed by atoms with Crippen molar-refractivity contribution in [2.24, 2.45) is 5.92 Å². The highest BCUT2D eigenvalue weighted by molar-refractivity contribution is 6.34. The summed E-state index contributed by atoms with van der Waals surface area (Å²) in [6, 6.07) is 5.35. The van der Waals surface area contributed by atoms with Crippen molar-refractivity contribution in [3.63, 3.8) is 0 Å². The molecule has 0 unspecified atom stereocenters. The number of anilines is 1. The van der Waals surface area contributed by atoms with Gasteiger partial charge in [-0.15, -0.1) is 0 Å². The molecule has 1 aliphatic carbocycles. The number of benzene rings is 1. The number of hydrazine groups is 1. The lowest BCUT2D eigenvalue weighted by Crippen LogP contribution is -2.31. The maximum absolute atomic E-state index is 12.2. The molecule has 0 radical (unpaired) electrons. The highest BCUT2D eigenvalue weighted by atomic mass is 35.5. The molecular weight excluding hydrogens is 339 g/mol. The molecule has 2 N–H and O–H groups in total. The third kappa shape index (κ3) is 3.65. The molecule has 1 amide bonds. The van der Waals surface area contributed by atoms with Gasteiger partial charge in [-0.2, -0.15) is 0 Å². The van der Waals surface area contributed by atoms with E-state index in [0.717, 1.165) is 12.0 Å². The van der Waals surface area contributed by atoms with E-state index in [2.05, 4.69) is 20.8 Å². The quantitative estimate of drug-likeness (QED) is 0.808. The molecule has 2 atom stereocenters. The van der Waals surface area contributed by atoms with Gasteiger partial charge in [0.1, 0.15) is 0 Å². The number of hydrogen-bond acceptors (Lipinski definition) is 5. The monoisotopic (exact) mass is 352 g/mol. The molecule has 3 rings (SSSR count). The van der Waals surface area contributed by atoms with E-state index in [0.29, 0.717) is 21.7 Å². The maximum atomic E-state index is 12.2. The molecule has 1 saturated carbocycles. The van der Waals surface area contributed by atoms with Gasteiger partial charge in [0.15, 0.2) is 0 Å². The summed E-state index contributed by atoms with van der Waals surface area (Å²) in [5.74, 6) is 0.531. The van der Waals surface area contributed by atoms with Gasteiger partial charge in [0.25, 0.3) is 5.88 Å². The largest absolute Gasteiger partial charge is 0.478 e. The number of nitrogens with one attached hydrogen (secondary N) is 2. The average molecular weight is 353 g/mol. The average Bonchev–Trinajstić information content (AvgIpc) is 3.32. The maximum Gasteiger partial charge on any atom is 0.258 e. The highest BCUT2D eigenvalue weighted by Gasteiger charge is 2.44. The van der Waals surface area contributed by atoms with Crippen LogP contribution in [-0.4, -0.2) is 23.0 Å². The van der Waals surface area contributed by atoms with Gasteiger partial charge in [-0.25, -0.2) is 9.97 Å². The van der Waals surface area contributed by atoms with E-state index in [4.69, 9.17) is 27.9 Å². The first-order valence-corrected chi connectivity index (χ1v) is 7.71. The summed E-state index contributed by atoms with van der Waals surface area (Å²) in [4.78, 5) is 20.2. The van der Waals surface area contributed by atoms with E-state index < -0.39 is 0 Å². The van der Waals surface area contributed by atoms with Crippen LogP contribution in [0.15, 0.2) is 30.6 Å². The Bertz CT molecular complexity index is 721. The van der Waals surface area contributed by atoms with Crippen molar-refractivity contribution in [3.05, 3.63) is 46.2 Å². The zero-order valence-electron chi connectivity index (χ0n) is 12.2. The number of aromatic nitrogens is 2. The number of carbonyl (C=O) groups is 1. The van der Waals surface area contributed by atoms with Gasteiger partial charge >= 0.3 is 0 Å². The van der Waals surface area contributed by atoms with Crippen molar-refractivity contribution in [1.29, 1.82) is 0 Å². The second kappa shape index (κ2) is 6.60. The van der Waals surface area contributed by atoms with Crippen LogP contribution in [0.25, 0.3) is 0 Å². The molecule has 2 aromatic rings. The number of rotatable bonds is 5. The van der Waals surface area contributed by atoms with E-state index in [9.17, 15) is 4.79 Å². The van der Waals surface area contributed by atoms with E-state index >= 15 is 0 Å². The van der Waals surface area contributed by atoms with E-state index in [-0.39, 0.29) is 17.7 Å². The number of amides is 1. The molecule has 8 heteroatoms. The lowest BCUT2D eigenvalue weighted by atomic mass is 10.1. The summed E-state index contributed by atoms with van der Waals surface area (Å²) in [7, 11) is 1.48. The van der Waals surface area contributed by atoms with Gasteiger partial charge in [0, 0.05) is 28.4 Å². The number of nitrogens with zero attached hydrogens (tertiary/aromatic N) is 2. The zero-order chi connectivity index (χ0) is 16.4.